The highest BCUT2D eigenvalue weighted by Crippen LogP contribution is 2.11. The van der Waals surface area contributed by atoms with Gasteiger partial charge in [0, 0.05) is 6.20 Å². The molecule has 0 saturated carbocycles. The van der Waals surface area contributed by atoms with Gasteiger partial charge in [-0.1, -0.05) is 0 Å². The van der Waals surface area contributed by atoms with E-state index in [2.05, 4.69) is 25.2 Å². The molecule has 0 radical (unpaired) electrons. The van der Waals surface area contributed by atoms with Crippen molar-refractivity contribution in [3.8, 4) is 0 Å². The van der Waals surface area contributed by atoms with Crippen molar-refractivity contribution in [1.82, 2.24) is 15.3 Å². The number of carboxylic acid groups (broad SMARTS) is 1. The predicted molar refractivity (Wildman–Crippen MR) is 57.9 cm³/mol. The summed E-state index contributed by atoms with van der Waals surface area (Å²) >= 11 is 0. The van der Waals surface area contributed by atoms with Gasteiger partial charge in [0.25, 0.3) is 5.91 Å². The van der Waals surface area contributed by atoms with Crippen molar-refractivity contribution in [2.24, 2.45) is 0 Å². The Bertz CT molecular complexity index is 609. The van der Waals surface area contributed by atoms with Crippen molar-refractivity contribution in [2.45, 2.75) is 0 Å². The fourth-order valence-corrected chi connectivity index (χ4v) is 1.17. The molecule has 0 unspecified atom stereocenters. The summed E-state index contributed by atoms with van der Waals surface area (Å²) in [5, 5.41) is 17.7. The molecule has 0 aliphatic carbocycles. The van der Waals surface area contributed by atoms with Crippen LogP contribution < -0.4 is 11.1 Å². The average Bonchev–Trinajstić information content (AvgIpc) is 2.76. The SMILES string of the molecule is Nc1nonc1C(=O)Nc1cncc(C(=O)O)c1. The van der Waals surface area contributed by atoms with Crippen LogP contribution in [0.15, 0.2) is 23.1 Å². The van der Waals surface area contributed by atoms with Gasteiger partial charge >= 0.3 is 5.97 Å². The standard InChI is InChI=1S/C9H7N5O4/c10-7-6(13-18-14-7)8(15)12-5-1-4(9(16)17)2-11-3-5/h1-3H,(H2,10,14)(H,12,15)(H,16,17). The molecule has 2 heterocycles. The molecule has 2 aromatic rings. The summed E-state index contributed by atoms with van der Waals surface area (Å²) < 4.78 is 4.27. The Hall–Kier alpha value is -2.97. The number of rotatable bonds is 3. The molecule has 0 atom stereocenters. The Kier molecular flexibility index (Phi) is 2.87. The largest absolute Gasteiger partial charge is 0.478 e. The molecule has 2 aromatic heterocycles. The van der Waals surface area contributed by atoms with E-state index < -0.39 is 11.9 Å². The molecule has 2 rings (SSSR count). The lowest BCUT2D eigenvalue weighted by Crippen LogP contribution is -2.14. The molecule has 92 valence electrons. The van der Waals surface area contributed by atoms with Gasteiger partial charge in [0.15, 0.2) is 0 Å². The van der Waals surface area contributed by atoms with Crippen molar-refractivity contribution in [3.05, 3.63) is 29.7 Å². The number of carbonyl (C=O) groups is 2. The lowest BCUT2D eigenvalue weighted by Gasteiger charge is -2.03. The number of aromatic nitrogens is 3. The lowest BCUT2D eigenvalue weighted by molar-refractivity contribution is 0.0696. The molecule has 1 amide bonds. The Morgan fingerprint density at radius 2 is 2.11 bits per heavy atom. The summed E-state index contributed by atoms with van der Waals surface area (Å²) in [5.74, 6) is -1.98. The van der Waals surface area contributed by atoms with Crippen LogP contribution in [0.5, 0.6) is 0 Å². The fourth-order valence-electron chi connectivity index (χ4n) is 1.17. The molecule has 0 fully saturated rings. The number of carbonyl (C=O) groups excluding carboxylic acids is 1. The third-order valence-corrected chi connectivity index (χ3v) is 1.97. The van der Waals surface area contributed by atoms with Crippen LogP contribution in [0.2, 0.25) is 0 Å². The maximum Gasteiger partial charge on any atom is 0.337 e. The molecule has 0 bridgehead atoms. The Labute approximate surface area is 99.6 Å². The highest BCUT2D eigenvalue weighted by molar-refractivity contribution is 6.05. The number of pyridine rings is 1. The summed E-state index contributed by atoms with van der Waals surface area (Å²) in [4.78, 5) is 26.0. The molecular weight excluding hydrogens is 242 g/mol. The summed E-state index contributed by atoms with van der Waals surface area (Å²) in [6.07, 6.45) is 2.44. The van der Waals surface area contributed by atoms with Crippen LogP contribution in [-0.4, -0.2) is 32.3 Å². The zero-order chi connectivity index (χ0) is 13.1. The maximum absolute atomic E-state index is 11.6. The molecule has 0 spiro atoms. The number of anilines is 2. The second-order valence-corrected chi connectivity index (χ2v) is 3.22. The average molecular weight is 249 g/mol. The van der Waals surface area contributed by atoms with Crippen LogP contribution in [-0.2, 0) is 0 Å². The van der Waals surface area contributed by atoms with Crippen LogP contribution in [0.4, 0.5) is 11.5 Å². The third kappa shape index (κ3) is 2.24. The third-order valence-electron chi connectivity index (χ3n) is 1.97. The highest BCUT2D eigenvalue weighted by Gasteiger charge is 2.16. The molecule has 0 saturated heterocycles. The first-order valence-electron chi connectivity index (χ1n) is 4.65. The molecule has 18 heavy (non-hydrogen) atoms. The van der Waals surface area contributed by atoms with Gasteiger partial charge in [0.2, 0.25) is 11.5 Å². The van der Waals surface area contributed by atoms with Crippen LogP contribution in [0.25, 0.3) is 0 Å². The van der Waals surface area contributed by atoms with E-state index in [1.807, 2.05) is 0 Å². The van der Waals surface area contributed by atoms with Gasteiger partial charge in [-0.2, -0.15) is 0 Å². The van der Waals surface area contributed by atoms with Gasteiger partial charge in [-0.15, -0.1) is 0 Å². The zero-order valence-corrected chi connectivity index (χ0v) is 8.82. The lowest BCUT2D eigenvalue weighted by atomic mass is 10.2. The number of nitrogens with two attached hydrogens (primary N) is 1. The van der Waals surface area contributed by atoms with E-state index in [-0.39, 0.29) is 22.8 Å². The van der Waals surface area contributed by atoms with E-state index in [0.29, 0.717) is 0 Å². The van der Waals surface area contributed by atoms with Gasteiger partial charge in [0.1, 0.15) is 0 Å². The molecule has 0 aliphatic heterocycles. The molecule has 0 aliphatic rings. The Morgan fingerprint density at radius 3 is 2.72 bits per heavy atom. The van der Waals surface area contributed by atoms with Gasteiger partial charge in [-0.25, -0.2) is 9.42 Å². The smallest absolute Gasteiger partial charge is 0.337 e. The Balaban J connectivity index is 2.20. The number of nitrogen functional groups attached to an aromatic ring is 1. The van der Waals surface area contributed by atoms with Crippen molar-refractivity contribution in [2.75, 3.05) is 11.1 Å². The summed E-state index contributed by atoms with van der Waals surface area (Å²) in [5.41, 5.74) is 5.29. The maximum atomic E-state index is 11.6. The zero-order valence-electron chi connectivity index (χ0n) is 8.82. The first-order valence-corrected chi connectivity index (χ1v) is 4.65. The Morgan fingerprint density at radius 1 is 1.33 bits per heavy atom. The quantitative estimate of drug-likeness (QED) is 0.689. The monoisotopic (exact) mass is 249 g/mol. The number of amides is 1. The summed E-state index contributed by atoms with van der Waals surface area (Å²) in [6, 6.07) is 1.25. The second-order valence-electron chi connectivity index (χ2n) is 3.22. The van der Waals surface area contributed by atoms with E-state index >= 15 is 0 Å². The normalized spacial score (nSPS) is 10.0. The molecule has 9 heteroatoms. The molecule has 0 aromatic carbocycles. The van der Waals surface area contributed by atoms with Crippen molar-refractivity contribution in [1.29, 1.82) is 0 Å². The van der Waals surface area contributed by atoms with Crippen LogP contribution in [0, 0.1) is 0 Å². The van der Waals surface area contributed by atoms with Gasteiger partial charge in [0.05, 0.1) is 17.4 Å². The van der Waals surface area contributed by atoms with Gasteiger partial charge < -0.3 is 16.2 Å². The first kappa shape index (κ1) is 11.5. The van der Waals surface area contributed by atoms with E-state index in [9.17, 15) is 9.59 Å². The van der Waals surface area contributed by atoms with E-state index in [1.165, 1.54) is 12.3 Å². The number of nitrogens with zero attached hydrogens (tertiary/aromatic N) is 3. The summed E-state index contributed by atoms with van der Waals surface area (Å²) in [6.45, 7) is 0. The molecule has 9 nitrogen and oxygen atoms in total. The fraction of sp³-hybridized carbons (Fsp3) is 0. The van der Waals surface area contributed by atoms with E-state index in [0.717, 1.165) is 6.20 Å². The number of carboxylic acids is 1. The number of hydrogen-bond donors (Lipinski definition) is 3. The van der Waals surface area contributed by atoms with Crippen molar-refractivity contribution >= 4 is 23.4 Å². The van der Waals surface area contributed by atoms with Crippen LogP contribution >= 0.6 is 0 Å². The number of hydrogen-bond acceptors (Lipinski definition) is 7. The summed E-state index contributed by atoms with van der Waals surface area (Å²) in [7, 11) is 0. The van der Waals surface area contributed by atoms with Gasteiger partial charge in [-0.3, -0.25) is 9.78 Å². The first-order chi connectivity index (χ1) is 8.58. The minimum Gasteiger partial charge on any atom is -0.478 e. The topological polar surface area (TPSA) is 144 Å². The molecule has 4 N–H and O–H groups in total. The van der Waals surface area contributed by atoms with E-state index in [4.69, 9.17) is 10.8 Å². The second kappa shape index (κ2) is 4.49. The van der Waals surface area contributed by atoms with Crippen molar-refractivity contribution < 1.29 is 19.3 Å². The van der Waals surface area contributed by atoms with Gasteiger partial charge in [-0.05, 0) is 16.4 Å². The van der Waals surface area contributed by atoms with Crippen LogP contribution in [0.1, 0.15) is 20.8 Å². The molecular formula is C9H7N5O4. The van der Waals surface area contributed by atoms with E-state index in [1.54, 1.807) is 0 Å². The highest BCUT2D eigenvalue weighted by atomic mass is 16.6. The minimum atomic E-state index is -1.15. The van der Waals surface area contributed by atoms with Crippen molar-refractivity contribution in [3.63, 3.8) is 0 Å². The van der Waals surface area contributed by atoms with Crippen LogP contribution in [0.3, 0.4) is 0 Å². The minimum absolute atomic E-state index is 0.0564. The predicted octanol–water partition coefficient (Wildman–Crippen LogP) is -0.00270. The number of aromatic carboxylic acids is 1. The number of nitrogens with one attached hydrogen (secondary N) is 1.